The highest BCUT2D eigenvalue weighted by molar-refractivity contribution is 7.62. The number of phosphoric ester groups is 4. The molecule has 0 amide bonds. The van der Waals surface area contributed by atoms with Gasteiger partial charge < -0.3 is 119 Å². The molecule has 0 spiro atoms. The summed E-state index contributed by atoms with van der Waals surface area (Å²) in [6.07, 6.45) is -9.29. The minimum atomic E-state index is -6.07. The van der Waals surface area contributed by atoms with Gasteiger partial charge in [-0.05, 0) is 0 Å². The number of H-pyrrole nitrogens is 4. The lowest BCUT2D eigenvalue weighted by Gasteiger charge is -2.23. The first-order valence-electron chi connectivity index (χ1n) is 30.3. The molecule has 0 radical (unpaired) electrons. The SMILES string of the molecule is C#Cc1cn([C@@H]2O[C@](F)(COP(=O)(O)OP(=O)(O)O)[C@@H](O)[C@H]2O)c(=O)[nH]c1=O.[2H]C([2H])(OP(=O)(O)OP(=O)(O)O)[C@@]1(F)O[C@@H](n2cc(C#C)c(=O)[nH]c2=O)[C@H](O)[C@@H]1O.[2H]C([2H])(OP(=O)(O)OP(=O)(O)O)[C@@]1(F)O[C@@]([2H])(n2cc(C#C)c(=O)[nH]c2=O)[C@H](O)[C@@H]1O.[2H][C@@]1(n2cc(C#C)c(=O)[nH]c2=O)O[C@](F)(COP(=O)(O)OP(=O)(O)O)[C@@H](O)[C@H]1O. The fraction of sp³-hybridized carbons (Fsp3) is 0.455. The van der Waals surface area contributed by atoms with Crippen molar-refractivity contribution in [2.75, 3.05) is 26.3 Å². The Morgan fingerprint density at radius 1 is 0.384 bits per heavy atom. The standard InChI is InChI=1S/4C11H13FN2O12P2/c4*1-2-5-3-14(10(18)13-8(5)17)9-6(15)7(16)11(12,25-9)4-24-28(22,23)26-27(19,20)21/h4*1,3,6-7,9,15-16H,4H2,(H,22,23)(H,13,17,18)(H2,19,20,21)/t4*6-,7+,9-,11-/m1111/s1/i4D2,9D;9D;4D2;. The normalized spacial score (nSPS) is 32.3. The van der Waals surface area contributed by atoms with Crippen LogP contribution < -0.4 is 45.0 Å². The topological polar surface area (TPSA) is 871 Å². The second kappa shape index (κ2) is 35.4. The predicted octanol–water partition coefficient (Wildman–Crippen LogP) is -9.36. The van der Waals surface area contributed by atoms with Crippen LogP contribution in [0.3, 0.4) is 0 Å². The van der Waals surface area contributed by atoms with E-state index in [4.69, 9.17) is 87.6 Å². The maximum absolute atomic E-state index is 15.3. The van der Waals surface area contributed by atoms with Gasteiger partial charge in [0.1, 0.15) is 97.4 Å². The number of nitrogens with zero attached hydrogens (tertiary/aromatic N) is 4. The molecule has 4 aromatic rings. The molecular weight excluding hydrogens is 1730 g/mol. The van der Waals surface area contributed by atoms with Crippen molar-refractivity contribution in [3.8, 4) is 49.4 Å². The van der Waals surface area contributed by atoms with Crippen molar-refractivity contribution in [2.24, 2.45) is 0 Å². The molecule has 24 N–H and O–H groups in total. The van der Waals surface area contributed by atoms with E-state index in [0.717, 1.165) is 6.20 Å². The molecule has 4 aliphatic heterocycles. The van der Waals surface area contributed by atoms with Crippen LogP contribution in [0.2, 0.25) is 0 Å². The van der Waals surface area contributed by atoms with Gasteiger partial charge in [0.05, 0.1) is 8.22 Å². The first-order valence-corrected chi connectivity index (χ1v) is 39.4. The third-order valence-corrected chi connectivity index (χ3v) is 21.1. The van der Waals surface area contributed by atoms with E-state index < -0.39 is 253 Å². The molecule has 4 aliphatic rings. The van der Waals surface area contributed by atoms with Crippen molar-refractivity contribution in [3.05, 3.63) is 130 Å². The van der Waals surface area contributed by atoms with Crippen molar-refractivity contribution >= 4 is 62.6 Å². The predicted molar refractivity (Wildman–Crippen MR) is 337 cm³/mol. The lowest BCUT2D eigenvalue weighted by atomic mass is 10.1. The summed E-state index contributed by atoms with van der Waals surface area (Å²) < 4.78 is 243. The van der Waals surface area contributed by atoms with Crippen LogP contribution in [-0.2, 0) is 90.8 Å². The second-order valence-corrected chi connectivity index (χ2v) is 32.0. The first-order chi connectivity index (χ1) is 53.0. The number of alkyl halides is 4. The third kappa shape index (κ3) is 24.6. The second-order valence-electron chi connectivity index (χ2n) is 20.8. The Morgan fingerprint density at radius 2 is 0.598 bits per heavy atom. The van der Waals surface area contributed by atoms with Crippen molar-refractivity contribution in [2.45, 2.75) is 97.1 Å². The molecule has 0 aromatic carbocycles. The molecule has 4 fully saturated rings. The lowest BCUT2D eigenvalue weighted by Crippen LogP contribution is -2.43. The van der Waals surface area contributed by atoms with Crippen LogP contribution in [0.15, 0.2) is 63.1 Å². The Kier molecular flexibility index (Phi) is 27.2. The van der Waals surface area contributed by atoms with E-state index in [2.05, 4.69) is 49.5 Å². The lowest BCUT2D eigenvalue weighted by molar-refractivity contribution is -0.205. The maximum atomic E-state index is 15.3. The van der Waals surface area contributed by atoms with E-state index in [1.807, 2.05) is 17.8 Å². The summed E-state index contributed by atoms with van der Waals surface area (Å²) in [5.41, 5.74) is -11.6. The zero-order valence-electron chi connectivity index (χ0n) is 59.1. The molecule has 56 nitrogen and oxygen atoms in total. The minimum absolute atomic E-state index is 0.0143. The number of aliphatic hydroxyl groups excluding tert-OH is 8. The summed E-state index contributed by atoms with van der Waals surface area (Å²) in [4.78, 5) is 205. The number of aliphatic hydroxyl groups is 8. The summed E-state index contributed by atoms with van der Waals surface area (Å²) in [5, 5.41) is 79.7. The molecule has 4 aromatic heterocycles. The number of hydrogen-bond acceptors (Lipinski definition) is 36. The van der Waals surface area contributed by atoms with Gasteiger partial charge in [-0.15, -0.1) is 25.7 Å². The molecule has 20 atom stereocenters. The molecule has 0 saturated carbocycles. The molecule has 8 heterocycles. The van der Waals surface area contributed by atoms with Gasteiger partial charge in [0.25, 0.3) is 45.7 Å². The molecule has 4 unspecified atom stereocenters. The van der Waals surface area contributed by atoms with E-state index >= 15 is 8.78 Å². The summed E-state index contributed by atoms with van der Waals surface area (Å²) in [6.45, 7) is -12.0. The number of phosphoric acid groups is 8. The maximum Gasteiger partial charge on any atom is 0.481 e. The number of hydrogen-bond donors (Lipinski definition) is 24. The van der Waals surface area contributed by atoms with Gasteiger partial charge in [0.15, 0.2) is 24.9 Å². The molecular formula is C44H52F4N8O48P8. The zero-order chi connectivity index (χ0) is 91.4. The van der Waals surface area contributed by atoms with Gasteiger partial charge in [0.2, 0.25) is 0 Å². The Hall–Kier alpha value is -6.76. The summed E-state index contributed by atoms with van der Waals surface area (Å²) >= 11 is 0. The van der Waals surface area contributed by atoms with Crippen LogP contribution in [0.25, 0.3) is 0 Å². The van der Waals surface area contributed by atoms with E-state index in [-0.39, 0.29) is 9.13 Å². The number of aromatic amines is 4. The van der Waals surface area contributed by atoms with Crippen LogP contribution in [-0.4, -0.2) is 236 Å². The summed E-state index contributed by atoms with van der Waals surface area (Å²) in [7, 11) is -45.6. The summed E-state index contributed by atoms with van der Waals surface area (Å²) in [6, 6.07) is 0. The highest BCUT2D eigenvalue weighted by Crippen LogP contribution is 2.62. The number of aromatic nitrogens is 8. The van der Waals surface area contributed by atoms with Crippen molar-refractivity contribution in [3.63, 3.8) is 0 Å². The number of rotatable bonds is 24. The molecule has 0 bridgehead atoms. The number of halogens is 4. The Balaban J connectivity index is 0.000000280. The van der Waals surface area contributed by atoms with Gasteiger partial charge in [-0.3, -0.25) is 75.5 Å². The van der Waals surface area contributed by atoms with Crippen molar-refractivity contribution in [1.29, 1.82) is 0 Å². The largest absolute Gasteiger partial charge is 0.481 e. The van der Waals surface area contributed by atoms with Crippen LogP contribution in [0, 0.1) is 49.4 Å². The molecule has 0 aliphatic carbocycles. The van der Waals surface area contributed by atoms with Gasteiger partial charge in [-0.25, -0.2) is 73.3 Å². The fourth-order valence-corrected chi connectivity index (χ4v) is 14.3. The van der Waals surface area contributed by atoms with E-state index in [1.165, 1.54) is 0 Å². The smallest absolute Gasteiger partial charge is 0.385 e. The van der Waals surface area contributed by atoms with Gasteiger partial charge in [-0.1, -0.05) is 23.7 Å². The van der Waals surface area contributed by atoms with Crippen LogP contribution >= 0.6 is 62.6 Å². The molecule has 8 rings (SSSR count). The van der Waals surface area contributed by atoms with Gasteiger partial charge >= 0.3 is 85.3 Å². The van der Waals surface area contributed by atoms with E-state index in [9.17, 15) is 134 Å². The highest BCUT2D eigenvalue weighted by atomic mass is 31.3. The number of terminal acetylenes is 4. The molecule has 112 heavy (non-hydrogen) atoms. The number of nitrogens with one attached hydrogen (secondary N) is 4. The molecule has 68 heteroatoms. The Bertz CT molecular complexity index is 5670. The average molecular weight is 1790 g/mol. The van der Waals surface area contributed by atoms with Crippen LogP contribution in [0.5, 0.6) is 0 Å². The van der Waals surface area contributed by atoms with Gasteiger partial charge in [-0.2, -0.15) is 17.2 Å². The quantitative estimate of drug-likeness (QED) is 0.0176. The Morgan fingerprint density at radius 3 is 0.884 bits per heavy atom. The van der Waals surface area contributed by atoms with Gasteiger partial charge in [0, 0.05) is 24.8 Å². The monoisotopic (exact) mass is 1790 g/mol. The zero-order valence-corrected chi connectivity index (χ0v) is 60.2. The third-order valence-electron chi connectivity index (χ3n) is 12.9. The van der Waals surface area contributed by atoms with E-state index in [1.54, 1.807) is 25.9 Å². The molecule has 4 saturated heterocycles. The first kappa shape index (κ1) is 86.1. The molecule has 624 valence electrons. The Labute approximate surface area is 618 Å². The minimum Gasteiger partial charge on any atom is -0.385 e. The van der Waals surface area contributed by atoms with Crippen LogP contribution in [0.4, 0.5) is 17.6 Å². The average Bonchev–Trinajstić information content (AvgIpc) is 1.57. The number of ether oxygens (including phenoxy) is 4. The summed E-state index contributed by atoms with van der Waals surface area (Å²) in [5.74, 6) is -8.26. The van der Waals surface area contributed by atoms with Crippen molar-refractivity contribution < 1.29 is 216 Å². The van der Waals surface area contributed by atoms with Crippen molar-refractivity contribution in [1.82, 2.24) is 38.2 Å². The highest BCUT2D eigenvalue weighted by Gasteiger charge is 2.62. The fourth-order valence-electron chi connectivity index (χ4n) is 8.17. The van der Waals surface area contributed by atoms with E-state index in [0.29, 0.717) is 27.7 Å². The van der Waals surface area contributed by atoms with Crippen LogP contribution in [0.1, 0.15) is 55.3 Å².